The van der Waals surface area contributed by atoms with E-state index in [9.17, 15) is 4.39 Å². The first-order valence-electron chi connectivity index (χ1n) is 6.24. The molecule has 1 saturated heterocycles. The molecule has 0 saturated carbocycles. The molecular weight excluding hydrogens is 219 g/mol. The number of aromatic nitrogens is 2. The highest BCUT2D eigenvalue weighted by molar-refractivity contribution is 5.24. The van der Waals surface area contributed by atoms with Crippen LogP contribution in [0.5, 0.6) is 0 Å². The van der Waals surface area contributed by atoms with E-state index in [-0.39, 0.29) is 0 Å². The van der Waals surface area contributed by atoms with Gasteiger partial charge >= 0.3 is 0 Å². The average molecular weight is 238 g/mol. The van der Waals surface area contributed by atoms with Gasteiger partial charge in [0.25, 0.3) is 0 Å². The second kappa shape index (κ2) is 5.91. The Morgan fingerprint density at radius 3 is 2.59 bits per heavy atom. The van der Waals surface area contributed by atoms with Crippen molar-refractivity contribution in [1.29, 1.82) is 0 Å². The third-order valence-electron chi connectivity index (χ3n) is 3.08. The number of piperidine rings is 1. The molecule has 17 heavy (non-hydrogen) atoms. The van der Waals surface area contributed by atoms with Gasteiger partial charge in [-0.25, -0.2) is 14.4 Å². The number of rotatable bonds is 4. The molecule has 0 unspecified atom stereocenters. The van der Waals surface area contributed by atoms with E-state index in [0.717, 1.165) is 25.9 Å². The molecule has 1 N–H and O–H groups in total. The predicted molar refractivity (Wildman–Crippen MR) is 65.4 cm³/mol. The molecule has 0 radical (unpaired) electrons. The summed E-state index contributed by atoms with van der Waals surface area (Å²) in [6, 6.07) is 0.411. The maximum atomic E-state index is 12.6. The lowest BCUT2D eigenvalue weighted by Crippen LogP contribution is -2.39. The molecule has 1 aliphatic heterocycles. The quantitative estimate of drug-likeness (QED) is 0.870. The summed E-state index contributed by atoms with van der Waals surface area (Å²) < 4.78 is 12.6. The van der Waals surface area contributed by atoms with Gasteiger partial charge in [-0.3, -0.25) is 0 Å². The van der Waals surface area contributed by atoms with Crippen LogP contribution in [0.2, 0.25) is 0 Å². The van der Waals surface area contributed by atoms with Crippen molar-refractivity contribution in [3.63, 3.8) is 0 Å². The summed E-state index contributed by atoms with van der Waals surface area (Å²) in [6.07, 6.45) is 5.80. The molecule has 1 aromatic heterocycles. The van der Waals surface area contributed by atoms with Gasteiger partial charge < -0.3 is 10.2 Å². The first-order chi connectivity index (χ1) is 8.28. The van der Waals surface area contributed by atoms with Crippen molar-refractivity contribution in [2.75, 3.05) is 25.0 Å². The number of halogens is 1. The Kier molecular flexibility index (Phi) is 4.25. The van der Waals surface area contributed by atoms with E-state index in [0.29, 0.717) is 12.0 Å². The molecule has 0 aromatic carbocycles. The minimum Gasteiger partial charge on any atom is -0.351 e. The predicted octanol–water partition coefficient (Wildman–Crippen LogP) is 1.90. The van der Waals surface area contributed by atoms with E-state index in [1.807, 2.05) is 0 Å². The van der Waals surface area contributed by atoms with Crippen LogP contribution in [0.1, 0.15) is 26.2 Å². The lowest BCUT2D eigenvalue weighted by Gasteiger charge is -2.31. The van der Waals surface area contributed by atoms with Gasteiger partial charge in [0.1, 0.15) is 0 Å². The molecule has 1 aliphatic rings. The molecule has 1 aromatic rings. The highest BCUT2D eigenvalue weighted by Gasteiger charge is 2.18. The Hall–Kier alpha value is -1.23. The van der Waals surface area contributed by atoms with Crippen LogP contribution in [0, 0.1) is 5.82 Å². The first-order valence-corrected chi connectivity index (χ1v) is 6.24. The minimum atomic E-state index is -0.395. The number of hydrogen-bond acceptors (Lipinski definition) is 4. The lowest BCUT2D eigenvalue weighted by atomic mass is 10.1. The highest BCUT2D eigenvalue weighted by Crippen LogP contribution is 2.14. The van der Waals surface area contributed by atoms with E-state index in [4.69, 9.17) is 0 Å². The maximum Gasteiger partial charge on any atom is 0.222 e. The summed E-state index contributed by atoms with van der Waals surface area (Å²) in [5.41, 5.74) is 0. The molecule has 2 rings (SSSR count). The number of likely N-dealkylation sites (tertiary alicyclic amines) is 1. The molecule has 4 nitrogen and oxygen atoms in total. The van der Waals surface area contributed by atoms with Crippen LogP contribution < -0.4 is 5.32 Å². The van der Waals surface area contributed by atoms with Crippen molar-refractivity contribution in [2.45, 2.75) is 32.2 Å². The van der Waals surface area contributed by atoms with Crippen LogP contribution in [0.3, 0.4) is 0 Å². The van der Waals surface area contributed by atoms with E-state index >= 15 is 0 Å². The summed E-state index contributed by atoms with van der Waals surface area (Å²) in [5, 5.41) is 3.26. The molecule has 0 amide bonds. The van der Waals surface area contributed by atoms with Gasteiger partial charge in [0.05, 0.1) is 12.4 Å². The smallest absolute Gasteiger partial charge is 0.222 e. The van der Waals surface area contributed by atoms with Crippen LogP contribution in [-0.4, -0.2) is 40.5 Å². The number of nitrogens with zero attached hydrogens (tertiary/aromatic N) is 3. The fraction of sp³-hybridized carbons (Fsp3) is 0.667. The van der Waals surface area contributed by atoms with E-state index in [2.05, 4.69) is 27.1 Å². The van der Waals surface area contributed by atoms with Crippen LogP contribution in [0.15, 0.2) is 12.4 Å². The van der Waals surface area contributed by atoms with Gasteiger partial charge in [-0.1, -0.05) is 6.92 Å². The van der Waals surface area contributed by atoms with Gasteiger partial charge in [-0.2, -0.15) is 0 Å². The average Bonchev–Trinajstić information content (AvgIpc) is 2.35. The highest BCUT2D eigenvalue weighted by atomic mass is 19.1. The minimum absolute atomic E-state index is 0.395. The number of hydrogen-bond donors (Lipinski definition) is 1. The Balaban J connectivity index is 1.79. The second-order valence-corrected chi connectivity index (χ2v) is 4.49. The lowest BCUT2D eigenvalue weighted by molar-refractivity contribution is 0.219. The SMILES string of the molecule is CCCN1CCC(Nc2ncc(F)cn2)CC1. The molecule has 5 heteroatoms. The summed E-state index contributed by atoms with van der Waals surface area (Å²) in [4.78, 5) is 10.3. The van der Waals surface area contributed by atoms with E-state index < -0.39 is 5.82 Å². The summed E-state index contributed by atoms with van der Waals surface area (Å²) >= 11 is 0. The van der Waals surface area contributed by atoms with E-state index in [1.54, 1.807) is 0 Å². The largest absolute Gasteiger partial charge is 0.351 e. The maximum absolute atomic E-state index is 12.6. The molecule has 2 heterocycles. The standard InChI is InChI=1S/C12H19FN4/c1-2-5-17-6-3-11(4-7-17)16-12-14-8-10(13)9-15-12/h8-9,11H,2-7H2,1H3,(H,14,15,16). The molecule has 0 atom stereocenters. The summed E-state index contributed by atoms with van der Waals surface area (Å²) in [6.45, 7) is 5.62. The Morgan fingerprint density at radius 2 is 2.00 bits per heavy atom. The van der Waals surface area contributed by atoms with Crippen molar-refractivity contribution >= 4 is 5.95 Å². The van der Waals surface area contributed by atoms with Crippen molar-refractivity contribution < 1.29 is 4.39 Å². The van der Waals surface area contributed by atoms with Gasteiger partial charge in [-0.05, 0) is 25.8 Å². The topological polar surface area (TPSA) is 41.0 Å². The van der Waals surface area contributed by atoms with Crippen LogP contribution in [0.25, 0.3) is 0 Å². The molecule has 0 bridgehead atoms. The fourth-order valence-corrected chi connectivity index (χ4v) is 2.19. The third-order valence-corrected chi connectivity index (χ3v) is 3.08. The number of anilines is 1. The second-order valence-electron chi connectivity index (χ2n) is 4.49. The van der Waals surface area contributed by atoms with Crippen LogP contribution >= 0.6 is 0 Å². The van der Waals surface area contributed by atoms with Gasteiger partial charge in [-0.15, -0.1) is 0 Å². The summed E-state index contributed by atoms with van der Waals surface area (Å²) in [5.74, 6) is 0.133. The van der Waals surface area contributed by atoms with Crippen molar-refractivity contribution in [3.8, 4) is 0 Å². The van der Waals surface area contributed by atoms with Gasteiger partial charge in [0.2, 0.25) is 5.95 Å². The van der Waals surface area contributed by atoms with Crippen molar-refractivity contribution in [3.05, 3.63) is 18.2 Å². The zero-order chi connectivity index (χ0) is 12.1. The van der Waals surface area contributed by atoms with Gasteiger partial charge in [0.15, 0.2) is 5.82 Å². The zero-order valence-electron chi connectivity index (χ0n) is 10.2. The van der Waals surface area contributed by atoms with Crippen LogP contribution in [0.4, 0.5) is 10.3 Å². The normalized spacial score (nSPS) is 18.2. The summed E-state index contributed by atoms with van der Waals surface area (Å²) in [7, 11) is 0. The van der Waals surface area contributed by atoms with Crippen molar-refractivity contribution in [2.24, 2.45) is 0 Å². The van der Waals surface area contributed by atoms with Crippen LogP contribution in [-0.2, 0) is 0 Å². The molecule has 0 aliphatic carbocycles. The molecule has 0 spiro atoms. The first kappa shape index (κ1) is 12.2. The molecule has 94 valence electrons. The Morgan fingerprint density at radius 1 is 1.35 bits per heavy atom. The molecule has 1 fully saturated rings. The molecular formula is C12H19FN4. The van der Waals surface area contributed by atoms with Crippen molar-refractivity contribution in [1.82, 2.24) is 14.9 Å². The monoisotopic (exact) mass is 238 g/mol. The number of nitrogens with one attached hydrogen (secondary N) is 1. The zero-order valence-corrected chi connectivity index (χ0v) is 10.2. The van der Waals surface area contributed by atoms with Gasteiger partial charge in [0, 0.05) is 19.1 Å². The Labute approximate surface area is 101 Å². The fourth-order valence-electron chi connectivity index (χ4n) is 2.19. The Bertz CT molecular complexity index is 333. The third kappa shape index (κ3) is 3.63. The van der Waals surface area contributed by atoms with E-state index in [1.165, 1.54) is 25.4 Å².